The van der Waals surface area contributed by atoms with E-state index in [2.05, 4.69) is 10.5 Å². The van der Waals surface area contributed by atoms with E-state index in [-0.39, 0.29) is 6.42 Å². The molecule has 4 saturated heterocycles. The second-order valence-corrected chi connectivity index (χ2v) is 14.2. The van der Waals surface area contributed by atoms with E-state index in [9.17, 15) is 61.0 Å². The van der Waals surface area contributed by atoms with E-state index in [1.165, 1.54) is 13.8 Å². The lowest BCUT2D eigenvalue weighted by atomic mass is 9.87. The van der Waals surface area contributed by atoms with Crippen LogP contribution < -0.4 is 5.32 Å². The highest BCUT2D eigenvalue weighted by Gasteiger charge is 2.56. The molecule has 0 aromatic carbocycles. The van der Waals surface area contributed by atoms with E-state index >= 15 is 0 Å². The van der Waals surface area contributed by atoms with Gasteiger partial charge >= 0.3 is 0 Å². The number of carbonyl (C=O) groups excluding carboxylic acids is 1. The van der Waals surface area contributed by atoms with E-state index in [1.807, 2.05) is 0 Å². The van der Waals surface area contributed by atoms with Crippen molar-refractivity contribution in [2.75, 3.05) is 19.8 Å². The van der Waals surface area contributed by atoms with E-state index in [0.717, 1.165) is 6.92 Å². The summed E-state index contributed by atoms with van der Waals surface area (Å²) in [5.74, 6) is -1.39. The molecule has 0 saturated carbocycles. The van der Waals surface area contributed by atoms with Crippen molar-refractivity contribution in [3.05, 3.63) is 0 Å². The van der Waals surface area contributed by atoms with Crippen LogP contribution in [0.1, 0.15) is 41.0 Å². The Morgan fingerprint density at radius 1 is 0.741 bits per heavy atom. The Morgan fingerprint density at radius 2 is 1.35 bits per heavy atom. The van der Waals surface area contributed by atoms with Crippen molar-refractivity contribution < 1.29 is 99.0 Å². The Hall–Kier alpha value is -1.78. The van der Waals surface area contributed by atoms with E-state index in [4.69, 9.17) is 38.0 Å². The largest absolute Gasteiger partial charge is 0.394 e. The van der Waals surface area contributed by atoms with Crippen molar-refractivity contribution in [1.82, 2.24) is 5.32 Å². The van der Waals surface area contributed by atoms with Crippen LogP contribution in [0.15, 0.2) is 5.16 Å². The first-order valence-electron chi connectivity index (χ1n) is 17.7. The molecular formula is C32H56N2O20. The molecule has 0 aromatic heterocycles. The van der Waals surface area contributed by atoms with Gasteiger partial charge in [0, 0.05) is 19.3 Å². The minimum Gasteiger partial charge on any atom is -0.394 e. The summed E-state index contributed by atoms with van der Waals surface area (Å²) in [4.78, 5) is 18.0. The molecule has 4 rings (SSSR count). The van der Waals surface area contributed by atoms with Crippen LogP contribution in [-0.2, 0) is 42.8 Å². The van der Waals surface area contributed by atoms with Crippen LogP contribution in [0.5, 0.6) is 0 Å². The zero-order valence-corrected chi connectivity index (χ0v) is 30.5. The van der Waals surface area contributed by atoms with Crippen molar-refractivity contribution in [2.45, 2.75) is 164 Å². The lowest BCUT2D eigenvalue weighted by Gasteiger charge is -2.50. The number of nitrogens with zero attached hydrogens (tertiary/aromatic N) is 1. The molecule has 22 heteroatoms. The van der Waals surface area contributed by atoms with Gasteiger partial charge in [0.15, 0.2) is 18.9 Å². The number of hydrogen-bond donors (Lipinski definition) is 12. The van der Waals surface area contributed by atoms with Crippen LogP contribution in [0.25, 0.3) is 0 Å². The molecule has 9 unspecified atom stereocenters. The van der Waals surface area contributed by atoms with Gasteiger partial charge in [-0.1, -0.05) is 12.1 Å². The summed E-state index contributed by atoms with van der Waals surface area (Å²) in [5.41, 5.74) is 0.432. The quantitative estimate of drug-likeness (QED) is 0.0575. The lowest BCUT2D eigenvalue weighted by Crippen LogP contribution is -2.70. The average Bonchev–Trinajstić information content (AvgIpc) is 3.13. The number of ether oxygens (including phenoxy) is 7. The third-order valence-electron chi connectivity index (χ3n) is 9.84. The van der Waals surface area contributed by atoms with Crippen LogP contribution in [-0.4, -0.2) is 210 Å². The Labute approximate surface area is 310 Å². The van der Waals surface area contributed by atoms with E-state index in [1.54, 1.807) is 13.8 Å². The molecule has 4 aliphatic rings. The van der Waals surface area contributed by atoms with Gasteiger partial charge in [0.1, 0.15) is 79.3 Å². The number of aliphatic hydroxyl groups excluding tert-OH is 11. The molecule has 21 atom stereocenters. The average molecular weight is 789 g/mol. The molecule has 314 valence electrons. The Balaban J connectivity index is 1.67. The van der Waals surface area contributed by atoms with Crippen LogP contribution in [0.2, 0.25) is 0 Å². The molecule has 0 aliphatic carbocycles. The first-order valence-corrected chi connectivity index (χ1v) is 17.7. The predicted molar refractivity (Wildman–Crippen MR) is 176 cm³/mol. The van der Waals surface area contributed by atoms with Crippen LogP contribution >= 0.6 is 0 Å². The molecule has 0 spiro atoms. The molecule has 0 bridgehead atoms. The summed E-state index contributed by atoms with van der Waals surface area (Å²) in [7, 11) is 0. The Bertz CT molecular complexity index is 1220. The van der Waals surface area contributed by atoms with Gasteiger partial charge in [-0.25, -0.2) is 0 Å². The molecular weight excluding hydrogens is 732 g/mol. The molecule has 12 N–H and O–H groups in total. The standard InChI is InChI=1S/C32H56N2O20/c1-10(2)34-54-30-19(33-13(5)38)28(53-31-24(45)23(44)20(41)12(4)47-31)27(17(9-37)49-30)52-32-25(46)29(22(43)16(8-36)48-32)51-18-6-14(39)11(3)26(50-18)21(42)15(40)7-35/h11-12,14-32,35-37,39-46H,6-9H2,1-5H3,(H,33,38)/t11-,12?,14?,15-,16?,17?,18-,19?,20-,21-,22+,23?,24+,25?,26?,27-,28-,29+,30+,31?,32+/m1/s1. The molecule has 0 radical (unpaired) electrons. The zero-order chi connectivity index (χ0) is 40.2. The van der Waals surface area contributed by atoms with Crippen molar-refractivity contribution >= 4 is 11.6 Å². The summed E-state index contributed by atoms with van der Waals surface area (Å²) in [6.07, 6.45) is -30.0. The normalized spacial score (nSPS) is 45.6. The summed E-state index contributed by atoms with van der Waals surface area (Å²) < 4.78 is 41.3. The first-order chi connectivity index (χ1) is 25.4. The highest BCUT2D eigenvalue weighted by Crippen LogP contribution is 2.36. The second kappa shape index (κ2) is 19.6. The van der Waals surface area contributed by atoms with Gasteiger partial charge in [0.05, 0.1) is 43.8 Å². The van der Waals surface area contributed by atoms with Gasteiger partial charge in [-0.3, -0.25) is 4.79 Å². The third kappa shape index (κ3) is 10.2. The number of aliphatic hydroxyl groups is 11. The maximum Gasteiger partial charge on any atom is 0.250 e. The number of carbonyl (C=O) groups is 1. The lowest BCUT2D eigenvalue weighted by molar-refractivity contribution is -0.382. The van der Waals surface area contributed by atoms with Gasteiger partial charge < -0.3 is 99.5 Å². The van der Waals surface area contributed by atoms with Crippen LogP contribution in [0, 0.1) is 5.92 Å². The van der Waals surface area contributed by atoms with Crippen LogP contribution in [0.4, 0.5) is 0 Å². The maximum atomic E-state index is 12.5. The minimum absolute atomic E-state index is 0.229. The smallest absolute Gasteiger partial charge is 0.250 e. The summed E-state index contributed by atoms with van der Waals surface area (Å²) in [6.45, 7) is 4.83. The fourth-order valence-corrected chi connectivity index (χ4v) is 6.74. The fraction of sp³-hybridized carbons (Fsp3) is 0.938. The number of amides is 1. The second-order valence-electron chi connectivity index (χ2n) is 14.2. The highest BCUT2D eigenvalue weighted by atomic mass is 16.8. The topological polar surface area (TPSA) is 338 Å². The van der Waals surface area contributed by atoms with E-state index < -0.39 is 154 Å². The van der Waals surface area contributed by atoms with Gasteiger partial charge in [0.25, 0.3) is 0 Å². The minimum atomic E-state index is -1.94. The Kier molecular flexibility index (Phi) is 16.3. The molecule has 0 aromatic rings. The van der Waals surface area contributed by atoms with Crippen LogP contribution in [0.3, 0.4) is 0 Å². The molecule has 4 aliphatic heterocycles. The number of hydrogen-bond acceptors (Lipinski definition) is 21. The van der Waals surface area contributed by atoms with Crippen molar-refractivity contribution in [2.24, 2.45) is 11.1 Å². The monoisotopic (exact) mass is 788 g/mol. The SMILES string of the molecule is CC(=O)NC1[C@H](ON=C(C)C)OC(CO)[C@@H](O[C@@H]2OC(CO)[C@H](O)[C@H](O[C@@H]3CC(O)[C@@H](C)C([C@H](O)[C@H](O)CO)O3)C2O)[C@@H]1OC1OC(C)[C@@H](O)C(O)[C@@H]1O. The molecule has 4 heterocycles. The van der Waals surface area contributed by atoms with Gasteiger partial charge in [-0.05, 0) is 20.8 Å². The van der Waals surface area contributed by atoms with Gasteiger partial charge in [0.2, 0.25) is 12.2 Å². The van der Waals surface area contributed by atoms with Crippen molar-refractivity contribution in [3.63, 3.8) is 0 Å². The number of nitrogens with one attached hydrogen (secondary N) is 1. The first kappa shape index (κ1) is 44.9. The molecule has 54 heavy (non-hydrogen) atoms. The number of rotatable bonds is 14. The number of oxime groups is 1. The third-order valence-corrected chi connectivity index (χ3v) is 9.84. The van der Waals surface area contributed by atoms with E-state index in [0.29, 0.717) is 5.71 Å². The molecule has 22 nitrogen and oxygen atoms in total. The zero-order valence-electron chi connectivity index (χ0n) is 30.5. The van der Waals surface area contributed by atoms with Crippen molar-refractivity contribution in [3.8, 4) is 0 Å². The maximum absolute atomic E-state index is 12.5. The summed E-state index contributed by atoms with van der Waals surface area (Å²) in [5, 5.41) is 122. The molecule has 1 amide bonds. The highest BCUT2D eigenvalue weighted by molar-refractivity contribution is 5.78. The summed E-state index contributed by atoms with van der Waals surface area (Å²) >= 11 is 0. The van der Waals surface area contributed by atoms with Crippen molar-refractivity contribution in [1.29, 1.82) is 0 Å². The fourth-order valence-electron chi connectivity index (χ4n) is 6.74. The summed E-state index contributed by atoms with van der Waals surface area (Å²) in [6, 6.07) is -1.38. The van der Waals surface area contributed by atoms with Gasteiger partial charge in [-0.15, -0.1) is 0 Å². The Morgan fingerprint density at radius 3 is 1.94 bits per heavy atom. The molecule has 4 fully saturated rings. The van der Waals surface area contributed by atoms with Gasteiger partial charge in [-0.2, -0.15) is 0 Å². The predicted octanol–water partition coefficient (Wildman–Crippen LogP) is -6.13.